The number of H-pyrrole nitrogens is 1. The van der Waals surface area contributed by atoms with Gasteiger partial charge in [0, 0.05) is 6.92 Å². The van der Waals surface area contributed by atoms with E-state index in [0.717, 1.165) is 5.52 Å². The lowest BCUT2D eigenvalue weighted by molar-refractivity contribution is -0.120. The quantitative estimate of drug-likeness (QED) is 0.575. The third-order valence-electron chi connectivity index (χ3n) is 3.30. The van der Waals surface area contributed by atoms with Crippen LogP contribution < -0.4 is 20.9 Å². The number of ether oxygens (including phenoxy) is 1. The van der Waals surface area contributed by atoms with E-state index < -0.39 is 5.91 Å². The Morgan fingerprint density at radius 1 is 1.12 bits per heavy atom. The van der Waals surface area contributed by atoms with E-state index in [1.165, 1.54) is 6.92 Å². The molecule has 3 rings (SSSR count). The first-order chi connectivity index (χ1) is 12.0. The van der Waals surface area contributed by atoms with Gasteiger partial charge in [0.1, 0.15) is 16.8 Å². The van der Waals surface area contributed by atoms with Gasteiger partial charge in [0.2, 0.25) is 5.91 Å². The number of carbonyl (C=O) groups is 2. The van der Waals surface area contributed by atoms with Crippen LogP contribution >= 0.6 is 0 Å². The molecule has 0 aliphatic carbocycles. The minimum atomic E-state index is -0.551. The lowest BCUT2D eigenvalue weighted by Crippen LogP contribution is -2.37. The molecule has 0 fully saturated rings. The number of nitrogens with two attached hydrogens (primary N) is 1. The maximum absolute atomic E-state index is 11.6. The highest BCUT2D eigenvalue weighted by Crippen LogP contribution is 2.27. The smallest absolute Gasteiger partial charge is 0.255 e. The molecule has 2 aromatic carbocycles. The molecule has 2 amide bonds. The molecule has 1 aromatic heterocycles. The molecular formula is C16H16N6O3. The van der Waals surface area contributed by atoms with Crippen molar-refractivity contribution in [3.63, 3.8) is 0 Å². The molecule has 3 aromatic rings. The van der Waals surface area contributed by atoms with Crippen LogP contribution in [0.5, 0.6) is 5.75 Å². The van der Waals surface area contributed by atoms with E-state index >= 15 is 0 Å². The number of aromatic nitrogens is 3. The second-order valence-electron chi connectivity index (χ2n) is 5.25. The van der Waals surface area contributed by atoms with Crippen LogP contribution in [0.15, 0.2) is 42.5 Å². The third-order valence-corrected chi connectivity index (χ3v) is 3.30. The SMILES string of the molecule is CC(=O)NN(c1ccc(OCC(N)=O)cc1)c1ccc2n[nH]nc2c1. The number of fused-ring (bicyclic) bond motifs is 1. The highest BCUT2D eigenvalue weighted by Gasteiger charge is 2.13. The molecule has 9 nitrogen and oxygen atoms in total. The Bertz CT molecular complexity index is 906. The fourth-order valence-electron chi connectivity index (χ4n) is 2.25. The van der Waals surface area contributed by atoms with Gasteiger partial charge in [0.15, 0.2) is 6.61 Å². The lowest BCUT2D eigenvalue weighted by atomic mass is 10.2. The number of nitrogens with zero attached hydrogens (tertiary/aromatic N) is 3. The molecule has 0 saturated heterocycles. The Labute approximate surface area is 142 Å². The Hall–Kier alpha value is -3.62. The molecule has 0 aliphatic rings. The van der Waals surface area contributed by atoms with Gasteiger partial charge in [-0.25, -0.2) is 0 Å². The highest BCUT2D eigenvalue weighted by molar-refractivity contribution is 5.83. The molecule has 4 N–H and O–H groups in total. The fourth-order valence-corrected chi connectivity index (χ4v) is 2.25. The summed E-state index contributed by atoms with van der Waals surface area (Å²) in [5.74, 6) is -0.281. The Kier molecular flexibility index (Phi) is 4.46. The predicted octanol–water partition coefficient (Wildman–Crippen LogP) is 1.01. The summed E-state index contributed by atoms with van der Waals surface area (Å²) < 4.78 is 5.23. The third kappa shape index (κ3) is 3.83. The number of nitrogens with one attached hydrogen (secondary N) is 2. The molecule has 0 radical (unpaired) electrons. The number of hydrazine groups is 1. The fraction of sp³-hybridized carbons (Fsp3) is 0.125. The van der Waals surface area contributed by atoms with Crippen LogP contribution in [-0.2, 0) is 9.59 Å². The van der Waals surface area contributed by atoms with Crippen molar-refractivity contribution >= 4 is 34.2 Å². The lowest BCUT2D eigenvalue weighted by Gasteiger charge is -2.25. The van der Waals surface area contributed by atoms with Crippen molar-refractivity contribution in [2.75, 3.05) is 11.6 Å². The summed E-state index contributed by atoms with van der Waals surface area (Å²) >= 11 is 0. The second-order valence-corrected chi connectivity index (χ2v) is 5.25. The van der Waals surface area contributed by atoms with Gasteiger partial charge in [0.25, 0.3) is 5.91 Å². The molecule has 0 unspecified atom stereocenters. The summed E-state index contributed by atoms with van der Waals surface area (Å²) in [6.45, 7) is 1.23. The van der Waals surface area contributed by atoms with Crippen molar-refractivity contribution in [3.05, 3.63) is 42.5 Å². The van der Waals surface area contributed by atoms with Crippen molar-refractivity contribution in [3.8, 4) is 5.75 Å². The highest BCUT2D eigenvalue weighted by atomic mass is 16.5. The second kappa shape index (κ2) is 6.87. The van der Waals surface area contributed by atoms with Crippen molar-refractivity contribution in [2.45, 2.75) is 6.92 Å². The number of carbonyl (C=O) groups excluding carboxylic acids is 2. The zero-order valence-electron chi connectivity index (χ0n) is 13.4. The molecule has 0 atom stereocenters. The van der Waals surface area contributed by atoms with E-state index in [1.807, 2.05) is 6.07 Å². The van der Waals surface area contributed by atoms with Crippen molar-refractivity contribution in [2.24, 2.45) is 5.73 Å². The number of benzene rings is 2. The molecule has 9 heteroatoms. The van der Waals surface area contributed by atoms with Gasteiger partial charge in [-0.05, 0) is 42.5 Å². The molecule has 1 heterocycles. The molecule has 0 saturated carbocycles. The number of hydrogen-bond donors (Lipinski definition) is 3. The molecule has 128 valence electrons. The van der Waals surface area contributed by atoms with Gasteiger partial charge >= 0.3 is 0 Å². The first-order valence-corrected chi connectivity index (χ1v) is 7.42. The first kappa shape index (κ1) is 16.2. The van der Waals surface area contributed by atoms with Gasteiger partial charge in [0.05, 0.1) is 11.4 Å². The summed E-state index contributed by atoms with van der Waals surface area (Å²) in [5, 5.41) is 12.2. The van der Waals surface area contributed by atoms with Crippen LogP contribution in [0.1, 0.15) is 6.92 Å². The van der Waals surface area contributed by atoms with Crippen LogP contribution in [0.2, 0.25) is 0 Å². The average Bonchev–Trinajstić information content (AvgIpc) is 3.06. The maximum Gasteiger partial charge on any atom is 0.255 e. The largest absolute Gasteiger partial charge is 0.484 e. The van der Waals surface area contributed by atoms with Gasteiger partial charge in [-0.15, -0.1) is 0 Å². The summed E-state index contributed by atoms with van der Waals surface area (Å²) in [7, 11) is 0. The normalized spacial score (nSPS) is 10.4. The van der Waals surface area contributed by atoms with Crippen LogP contribution in [-0.4, -0.2) is 33.8 Å². The van der Waals surface area contributed by atoms with Crippen LogP contribution in [0.4, 0.5) is 11.4 Å². The molecule has 25 heavy (non-hydrogen) atoms. The van der Waals surface area contributed by atoms with E-state index in [4.69, 9.17) is 10.5 Å². The van der Waals surface area contributed by atoms with E-state index in [2.05, 4.69) is 20.8 Å². The Morgan fingerprint density at radius 2 is 1.80 bits per heavy atom. The van der Waals surface area contributed by atoms with Gasteiger partial charge < -0.3 is 10.5 Å². The zero-order valence-corrected chi connectivity index (χ0v) is 13.4. The monoisotopic (exact) mass is 340 g/mol. The van der Waals surface area contributed by atoms with Gasteiger partial charge in [-0.2, -0.15) is 15.4 Å². The van der Waals surface area contributed by atoms with Crippen molar-refractivity contribution < 1.29 is 14.3 Å². The van der Waals surface area contributed by atoms with Crippen LogP contribution in [0.25, 0.3) is 11.0 Å². The first-order valence-electron chi connectivity index (χ1n) is 7.42. The minimum absolute atomic E-state index is 0.197. The van der Waals surface area contributed by atoms with Crippen LogP contribution in [0.3, 0.4) is 0 Å². The van der Waals surface area contributed by atoms with E-state index in [1.54, 1.807) is 41.4 Å². The standard InChI is InChI=1S/C16H16N6O3/c1-10(23)20-22(12-4-7-14-15(8-12)19-21-18-14)11-2-5-13(6-3-11)25-9-16(17)24/h2-8H,9H2,1H3,(H2,17,24)(H,20,23)(H,18,19,21). The minimum Gasteiger partial charge on any atom is -0.484 e. The number of hydrogen-bond acceptors (Lipinski definition) is 6. The summed E-state index contributed by atoms with van der Waals surface area (Å²) in [6, 6.07) is 12.3. The Morgan fingerprint density at radius 3 is 2.48 bits per heavy atom. The zero-order chi connectivity index (χ0) is 17.8. The number of anilines is 2. The number of aromatic amines is 1. The van der Waals surface area contributed by atoms with E-state index in [0.29, 0.717) is 22.6 Å². The molecular weight excluding hydrogens is 324 g/mol. The molecule has 0 bridgehead atoms. The molecule has 0 aliphatic heterocycles. The van der Waals surface area contributed by atoms with E-state index in [9.17, 15) is 9.59 Å². The van der Waals surface area contributed by atoms with Crippen LogP contribution in [0, 0.1) is 0 Å². The van der Waals surface area contributed by atoms with Crippen molar-refractivity contribution in [1.82, 2.24) is 20.8 Å². The summed E-state index contributed by atoms with van der Waals surface area (Å²) in [4.78, 5) is 22.4. The predicted molar refractivity (Wildman–Crippen MR) is 91.0 cm³/mol. The van der Waals surface area contributed by atoms with E-state index in [-0.39, 0.29) is 12.5 Å². The maximum atomic E-state index is 11.6. The van der Waals surface area contributed by atoms with Gasteiger partial charge in [-0.3, -0.25) is 20.0 Å². The Balaban J connectivity index is 1.89. The number of rotatable bonds is 6. The summed E-state index contributed by atoms with van der Waals surface area (Å²) in [6.07, 6.45) is 0. The number of primary amides is 1. The summed E-state index contributed by atoms with van der Waals surface area (Å²) in [5.41, 5.74) is 10.6. The molecule has 0 spiro atoms. The van der Waals surface area contributed by atoms with Crippen molar-refractivity contribution in [1.29, 1.82) is 0 Å². The topological polar surface area (TPSA) is 126 Å². The van der Waals surface area contributed by atoms with Gasteiger partial charge in [-0.1, -0.05) is 0 Å². The number of amides is 2. The average molecular weight is 340 g/mol.